The highest BCUT2D eigenvalue weighted by Crippen LogP contribution is 2.47. The van der Waals surface area contributed by atoms with Gasteiger partial charge in [0, 0.05) is 41.6 Å². The van der Waals surface area contributed by atoms with Crippen LogP contribution in [-0.4, -0.2) is 40.6 Å². The largest absolute Gasteiger partial charge is 0.481 e. The quantitative estimate of drug-likeness (QED) is 0.176. The molecule has 6 rings (SSSR count). The molecule has 0 saturated heterocycles. The van der Waals surface area contributed by atoms with E-state index >= 15 is 0 Å². The van der Waals surface area contributed by atoms with Gasteiger partial charge in [-0.2, -0.15) is 10.5 Å². The first-order chi connectivity index (χ1) is 21.6. The van der Waals surface area contributed by atoms with Crippen molar-refractivity contribution in [1.29, 1.82) is 10.5 Å². The number of fused-ring (bicyclic) bond motifs is 2. The summed E-state index contributed by atoms with van der Waals surface area (Å²) in [5.41, 5.74) is 8.43. The summed E-state index contributed by atoms with van der Waals surface area (Å²) in [6.45, 7) is 6.84. The van der Waals surface area contributed by atoms with Crippen LogP contribution in [0, 0.1) is 28.1 Å². The number of hydrazine groups is 2. The zero-order chi connectivity index (χ0) is 31.9. The first kappa shape index (κ1) is 29.9. The van der Waals surface area contributed by atoms with Crippen LogP contribution in [0.15, 0.2) is 60.7 Å². The van der Waals surface area contributed by atoms with Gasteiger partial charge in [-0.05, 0) is 53.5 Å². The van der Waals surface area contributed by atoms with Crippen LogP contribution in [0.2, 0.25) is 0 Å². The Labute approximate surface area is 259 Å². The molecule has 1 aliphatic carbocycles. The van der Waals surface area contributed by atoms with Crippen LogP contribution in [0.1, 0.15) is 56.3 Å². The number of nitriles is 2. The number of nitrogens with zero attached hydrogens (tertiary/aromatic N) is 5. The lowest BCUT2D eigenvalue weighted by molar-refractivity contribution is 0.00911. The maximum Gasteiger partial charge on any atom is 0.262 e. The van der Waals surface area contributed by atoms with E-state index in [0.717, 1.165) is 16.3 Å². The molecule has 3 heterocycles. The molecule has 4 aromatic rings. The number of pyridine rings is 2. The number of hydrogen-bond donors (Lipinski definition) is 4. The minimum Gasteiger partial charge on any atom is -0.481 e. The monoisotopic (exact) mass is 609 g/mol. The summed E-state index contributed by atoms with van der Waals surface area (Å²) in [6, 6.07) is 15.1. The lowest BCUT2D eigenvalue weighted by atomic mass is 9.96. The summed E-state index contributed by atoms with van der Waals surface area (Å²) in [6.07, 6.45) is 3.02. The normalized spacial score (nSPS) is 16.1. The van der Waals surface area contributed by atoms with Crippen molar-refractivity contribution >= 4 is 33.1 Å². The number of aromatic nitrogens is 2. The molecule has 2 aliphatic rings. The van der Waals surface area contributed by atoms with Gasteiger partial charge in [-0.15, -0.1) is 5.53 Å². The van der Waals surface area contributed by atoms with Crippen LogP contribution in [-0.2, 0) is 0 Å². The summed E-state index contributed by atoms with van der Waals surface area (Å²) in [5.74, 6) is 0.456. The van der Waals surface area contributed by atoms with Crippen molar-refractivity contribution in [3.8, 4) is 18.0 Å². The van der Waals surface area contributed by atoms with Gasteiger partial charge in [0.05, 0.1) is 41.2 Å². The van der Waals surface area contributed by atoms with Crippen molar-refractivity contribution in [2.45, 2.75) is 51.6 Å². The van der Waals surface area contributed by atoms with Gasteiger partial charge in [-0.1, -0.05) is 32.9 Å². The minimum absolute atomic E-state index is 0.0811. The van der Waals surface area contributed by atoms with Crippen molar-refractivity contribution in [1.82, 2.24) is 25.9 Å². The van der Waals surface area contributed by atoms with E-state index in [0.29, 0.717) is 64.4 Å². The molecule has 12 heteroatoms. The molecule has 4 N–H and O–H groups in total. The number of rotatable bonds is 9. The fraction of sp³-hybridized carbons (Fsp3) is 0.333. The summed E-state index contributed by atoms with van der Waals surface area (Å²) in [4.78, 5) is 8.80. The molecule has 45 heavy (non-hydrogen) atoms. The highest BCUT2D eigenvalue weighted by Gasteiger charge is 2.56. The van der Waals surface area contributed by atoms with Crippen LogP contribution in [0.5, 0.6) is 5.88 Å². The van der Waals surface area contributed by atoms with Crippen LogP contribution < -0.4 is 26.3 Å². The molecule has 0 radical (unpaired) electrons. The highest BCUT2D eigenvalue weighted by molar-refractivity contribution is 5.99. The predicted molar refractivity (Wildman–Crippen MR) is 168 cm³/mol. The average molecular weight is 610 g/mol. The molecule has 1 fully saturated rings. The first-order valence-corrected chi connectivity index (χ1v) is 14.6. The van der Waals surface area contributed by atoms with E-state index in [1.54, 1.807) is 25.6 Å². The van der Waals surface area contributed by atoms with Crippen LogP contribution in [0.25, 0.3) is 21.7 Å². The standard InChI is InChI=1S/C33H33F2N9O/c1-32(2,3)18-40-28-20(15-37)16-39-27-19(14-36)12-21(13-25(27)28)41-29(26-17-44(43-42-26)33(9-10-33)31(34)35)23-6-5-7-24-22(23)8-11-38-30(24)45-4/h5-8,11-13,16-17,29,31,41-43H,9-10,18H2,1-4H3,(H,39,40)/t29-/m0/s1. The van der Waals surface area contributed by atoms with Gasteiger partial charge in [0.1, 0.15) is 17.7 Å². The summed E-state index contributed by atoms with van der Waals surface area (Å²) < 4.78 is 33.6. The van der Waals surface area contributed by atoms with E-state index < -0.39 is 18.0 Å². The highest BCUT2D eigenvalue weighted by atomic mass is 19.3. The van der Waals surface area contributed by atoms with Crippen molar-refractivity contribution in [3.05, 3.63) is 77.4 Å². The fourth-order valence-corrected chi connectivity index (χ4v) is 5.62. The van der Waals surface area contributed by atoms with Gasteiger partial charge in [0.25, 0.3) is 6.43 Å². The predicted octanol–water partition coefficient (Wildman–Crippen LogP) is 6.11. The average Bonchev–Trinajstić information content (AvgIpc) is 3.71. The van der Waals surface area contributed by atoms with Crippen LogP contribution in [0.4, 0.5) is 20.2 Å². The zero-order valence-corrected chi connectivity index (χ0v) is 25.4. The van der Waals surface area contributed by atoms with Gasteiger partial charge in [-0.3, -0.25) is 9.99 Å². The third-order valence-electron chi connectivity index (χ3n) is 8.17. The van der Waals surface area contributed by atoms with E-state index in [-0.39, 0.29) is 5.41 Å². The number of anilines is 2. The molecule has 2 aromatic heterocycles. The van der Waals surface area contributed by atoms with Crippen LogP contribution >= 0.6 is 0 Å². The van der Waals surface area contributed by atoms with E-state index in [4.69, 9.17) is 4.74 Å². The molecule has 10 nitrogen and oxygen atoms in total. The smallest absolute Gasteiger partial charge is 0.262 e. The van der Waals surface area contributed by atoms with Gasteiger partial charge in [-0.25, -0.2) is 13.8 Å². The summed E-state index contributed by atoms with van der Waals surface area (Å²) in [5, 5.41) is 30.7. The molecule has 2 aromatic carbocycles. The van der Waals surface area contributed by atoms with Crippen molar-refractivity contribution in [2.24, 2.45) is 5.41 Å². The third-order valence-corrected chi connectivity index (χ3v) is 8.17. The topological polar surface area (TPSA) is 134 Å². The van der Waals surface area contributed by atoms with E-state index in [9.17, 15) is 19.3 Å². The molecule has 1 aliphatic heterocycles. The second kappa shape index (κ2) is 11.4. The van der Waals surface area contributed by atoms with E-state index in [2.05, 4.69) is 64.5 Å². The number of alkyl halides is 2. The molecule has 0 unspecified atom stereocenters. The molecule has 0 amide bonds. The van der Waals surface area contributed by atoms with E-state index in [1.165, 1.54) is 11.2 Å². The number of ether oxygens (including phenoxy) is 1. The molecule has 1 atom stereocenters. The first-order valence-electron chi connectivity index (χ1n) is 14.6. The van der Waals surface area contributed by atoms with E-state index in [1.807, 2.05) is 30.3 Å². The van der Waals surface area contributed by atoms with Crippen molar-refractivity contribution in [3.63, 3.8) is 0 Å². The number of halogens is 2. The molecule has 0 bridgehead atoms. The Balaban J connectivity index is 1.50. The Morgan fingerprint density at radius 2 is 1.84 bits per heavy atom. The van der Waals surface area contributed by atoms with Crippen LogP contribution in [0.3, 0.4) is 0 Å². The molecule has 1 saturated carbocycles. The van der Waals surface area contributed by atoms with Crippen molar-refractivity contribution in [2.75, 3.05) is 24.3 Å². The van der Waals surface area contributed by atoms with Gasteiger partial charge >= 0.3 is 0 Å². The number of hydrogen-bond acceptors (Lipinski definition) is 10. The number of methoxy groups -OCH3 is 1. The molecule has 0 spiro atoms. The maximum absolute atomic E-state index is 14.0. The minimum atomic E-state index is -2.53. The zero-order valence-electron chi connectivity index (χ0n) is 25.4. The fourth-order valence-electron chi connectivity index (χ4n) is 5.62. The Bertz CT molecular complexity index is 1900. The lowest BCUT2D eigenvalue weighted by Crippen LogP contribution is -2.48. The summed E-state index contributed by atoms with van der Waals surface area (Å²) in [7, 11) is 1.56. The third kappa shape index (κ3) is 5.49. The SMILES string of the molecule is COc1nccc2c([C@H](Nc3cc(C#N)c4ncc(C#N)c(NCC(C)(C)C)c4c3)C3=CN(C4(C(F)F)CC4)NN3)cccc12. The Kier molecular flexibility index (Phi) is 7.55. The van der Waals surface area contributed by atoms with Gasteiger partial charge in [0.2, 0.25) is 5.88 Å². The Morgan fingerprint density at radius 3 is 2.51 bits per heavy atom. The van der Waals surface area contributed by atoms with Crippen molar-refractivity contribution < 1.29 is 13.5 Å². The van der Waals surface area contributed by atoms with Gasteiger partial charge in [0.15, 0.2) is 0 Å². The lowest BCUT2D eigenvalue weighted by Gasteiger charge is -2.25. The second-order valence-electron chi connectivity index (χ2n) is 12.5. The maximum atomic E-state index is 14.0. The second-order valence-corrected chi connectivity index (χ2v) is 12.5. The molecular formula is C33H33F2N9O. The molecule has 230 valence electrons. The van der Waals surface area contributed by atoms with Gasteiger partial charge < -0.3 is 20.8 Å². The molecular weight excluding hydrogens is 576 g/mol. The summed E-state index contributed by atoms with van der Waals surface area (Å²) >= 11 is 0. The number of nitrogens with one attached hydrogen (secondary N) is 4. The Hall–Kier alpha value is -5.20. The Morgan fingerprint density at radius 1 is 1.07 bits per heavy atom. The number of benzene rings is 2.